The number of benzene rings is 1. The van der Waals surface area contributed by atoms with Crippen LogP contribution in [0.25, 0.3) is 0 Å². The van der Waals surface area contributed by atoms with Gasteiger partial charge in [0, 0.05) is 20.7 Å². The summed E-state index contributed by atoms with van der Waals surface area (Å²) in [7, 11) is -2.79. The van der Waals surface area contributed by atoms with Crippen LogP contribution in [0, 0.1) is 0 Å². The molecule has 1 aliphatic heterocycles. The Hall–Kier alpha value is -0.0700. The fourth-order valence-electron chi connectivity index (χ4n) is 1.86. The molecular formula is C11H13Br2NO2S. The van der Waals surface area contributed by atoms with Crippen molar-refractivity contribution in [1.29, 1.82) is 0 Å². The molecule has 1 heterocycles. The Morgan fingerprint density at radius 3 is 2.47 bits per heavy atom. The summed E-state index contributed by atoms with van der Waals surface area (Å²) < 4.78 is 24.7. The van der Waals surface area contributed by atoms with Gasteiger partial charge in [-0.3, -0.25) is 0 Å². The third kappa shape index (κ3) is 3.69. The second kappa shape index (κ2) is 5.28. The first kappa shape index (κ1) is 13.4. The molecule has 0 amide bonds. The van der Waals surface area contributed by atoms with Gasteiger partial charge in [0.05, 0.1) is 11.5 Å². The average molecular weight is 383 g/mol. The largest absolute Gasteiger partial charge is 0.381 e. The monoisotopic (exact) mass is 381 g/mol. The highest BCUT2D eigenvalue weighted by molar-refractivity contribution is 9.11. The van der Waals surface area contributed by atoms with E-state index in [1.165, 1.54) is 0 Å². The Labute approximate surface area is 118 Å². The van der Waals surface area contributed by atoms with Gasteiger partial charge in [-0.1, -0.05) is 15.9 Å². The summed E-state index contributed by atoms with van der Waals surface area (Å²) >= 11 is 6.90. The van der Waals surface area contributed by atoms with Gasteiger partial charge in [-0.05, 0) is 47.0 Å². The van der Waals surface area contributed by atoms with E-state index < -0.39 is 9.84 Å². The van der Waals surface area contributed by atoms with Gasteiger partial charge in [0.15, 0.2) is 0 Å². The van der Waals surface area contributed by atoms with Crippen molar-refractivity contribution in [2.24, 2.45) is 0 Å². The molecule has 1 fully saturated rings. The van der Waals surface area contributed by atoms with Crippen LogP contribution in [0.5, 0.6) is 0 Å². The van der Waals surface area contributed by atoms with Crippen molar-refractivity contribution in [2.75, 3.05) is 16.8 Å². The molecule has 0 unspecified atom stereocenters. The molecule has 1 aliphatic rings. The number of hydrogen-bond acceptors (Lipinski definition) is 3. The highest BCUT2D eigenvalue weighted by Gasteiger charge is 2.23. The molecule has 94 valence electrons. The Balaban J connectivity index is 2.05. The average Bonchev–Trinajstić information content (AvgIpc) is 2.26. The minimum absolute atomic E-state index is 0.240. The molecule has 2 rings (SSSR count). The molecule has 0 saturated carbocycles. The van der Waals surface area contributed by atoms with E-state index >= 15 is 0 Å². The molecule has 0 bridgehead atoms. The maximum Gasteiger partial charge on any atom is 0.150 e. The lowest BCUT2D eigenvalue weighted by molar-refractivity contribution is 0.559. The normalized spacial score (nSPS) is 20.1. The first-order chi connectivity index (χ1) is 7.96. The van der Waals surface area contributed by atoms with Crippen molar-refractivity contribution in [2.45, 2.75) is 18.9 Å². The van der Waals surface area contributed by atoms with Crippen LogP contribution in [0.4, 0.5) is 5.69 Å². The Morgan fingerprint density at radius 1 is 1.18 bits per heavy atom. The van der Waals surface area contributed by atoms with E-state index in [4.69, 9.17) is 0 Å². The molecule has 3 nitrogen and oxygen atoms in total. The first-order valence-corrected chi connectivity index (χ1v) is 8.79. The third-order valence-corrected chi connectivity index (χ3v) is 5.74. The summed E-state index contributed by atoms with van der Waals surface area (Å²) in [6.45, 7) is 0. The smallest absolute Gasteiger partial charge is 0.150 e. The number of sulfone groups is 1. The SMILES string of the molecule is O=S1(=O)CCC(Nc2cc(Br)ccc2Br)CC1. The van der Waals surface area contributed by atoms with Gasteiger partial charge in [0.25, 0.3) is 0 Å². The van der Waals surface area contributed by atoms with Gasteiger partial charge in [-0.2, -0.15) is 0 Å². The van der Waals surface area contributed by atoms with Crippen LogP contribution in [0.3, 0.4) is 0 Å². The van der Waals surface area contributed by atoms with Crippen molar-refractivity contribution in [3.05, 3.63) is 27.1 Å². The number of anilines is 1. The maximum absolute atomic E-state index is 11.3. The van der Waals surface area contributed by atoms with Crippen molar-refractivity contribution >= 4 is 47.4 Å². The molecule has 6 heteroatoms. The lowest BCUT2D eigenvalue weighted by Gasteiger charge is -2.24. The van der Waals surface area contributed by atoms with E-state index in [9.17, 15) is 8.42 Å². The van der Waals surface area contributed by atoms with Gasteiger partial charge in [0.2, 0.25) is 0 Å². The predicted octanol–water partition coefficient (Wildman–Crippen LogP) is 3.20. The van der Waals surface area contributed by atoms with Gasteiger partial charge in [0.1, 0.15) is 9.84 Å². The molecular weight excluding hydrogens is 370 g/mol. The number of hydrogen-bond donors (Lipinski definition) is 1. The van der Waals surface area contributed by atoms with Crippen molar-refractivity contribution in [3.63, 3.8) is 0 Å². The van der Waals surface area contributed by atoms with E-state index in [2.05, 4.69) is 37.2 Å². The summed E-state index contributed by atoms with van der Waals surface area (Å²) in [5.74, 6) is 0.576. The molecule has 0 atom stereocenters. The molecule has 0 radical (unpaired) electrons. The Bertz CT molecular complexity index is 502. The minimum Gasteiger partial charge on any atom is -0.381 e. The lowest BCUT2D eigenvalue weighted by atomic mass is 10.1. The van der Waals surface area contributed by atoms with Crippen molar-refractivity contribution < 1.29 is 8.42 Å². The second-order valence-corrected chi connectivity index (χ2v) is 8.27. The number of nitrogens with one attached hydrogen (secondary N) is 1. The van der Waals surface area contributed by atoms with Crippen molar-refractivity contribution in [3.8, 4) is 0 Å². The zero-order valence-corrected chi connectivity index (χ0v) is 13.1. The quantitative estimate of drug-likeness (QED) is 0.854. The van der Waals surface area contributed by atoms with Crippen LogP contribution in [-0.4, -0.2) is 26.0 Å². The highest BCUT2D eigenvalue weighted by atomic mass is 79.9. The van der Waals surface area contributed by atoms with Gasteiger partial charge in [-0.25, -0.2) is 8.42 Å². The van der Waals surface area contributed by atoms with Crippen LogP contribution in [-0.2, 0) is 9.84 Å². The van der Waals surface area contributed by atoms with E-state index in [-0.39, 0.29) is 17.5 Å². The van der Waals surface area contributed by atoms with Crippen LogP contribution in [0.15, 0.2) is 27.1 Å². The second-order valence-electron chi connectivity index (χ2n) is 4.19. The molecule has 0 spiro atoms. The van der Waals surface area contributed by atoms with E-state index in [0.29, 0.717) is 12.8 Å². The van der Waals surface area contributed by atoms with Crippen molar-refractivity contribution in [1.82, 2.24) is 0 Å². The summed E-state index contributed by atoms with van der Waals surface area (Å²) in [5.41, 5.74) is 1.00. The van der Waals surface area contributed by atoms with E-state index in [0.717, 1.165) is 14.6 Å². The topological polar surface area (TPSA) is 46.2 Å². The zero-order valence-electron chi connectivity index (χ0n) is 9.12. The zero-order chi connectivity index (χ0) is 12.5. The molecule has 1 N–H and O–H groups in total. The van der Waals surface area contributed by atoms with E-state index in [1.54, 1.807) is 0 Å². The van der Waals surface area contributed by atoms with Crippen LogP contribution < -0.4 is 5.32 Å². The fraction of sp³-hybridized carbons (Fsp3) is 0.455. The highest BCUT2D eigenvalue weighted by Crippen LogP contribution is 2.28. The summed E-state index contributed by atoms with van der Waals surface area (Å²) in [6.07, 6.45) is 1.36. The standard InChI is InChI=1S/C11H13Br2NO2S/c12-8-1-2-10(13)11(7-8)14-9-3-5-17(15,16)6-4-9/h1-2,7,9,14H,3-6H2. The minimum atomic E-state index is -2.79. The summed E-state index contributed by atoms with van der Waals surface area (Å²) in [5, 5.41) is 3.39. The van der Waals surface area contributed by atoms with Gasteiger partial charge < -0.3 is 5.32 Å². The van der Waals surface area contributed by atoms with Gasteiger partial charge in [-0.15, -0.1) is 0 Å². The lowest BCUT2D eigenvalue weighted by Crippen LogP contribution is -2.32. The number of halogens is 2. The fourth-order valence-corrected chi connectivity index (χ4v) is 4.08. The Morgan fingerprint density at radius 2 is 1.82 bits per heavy atom. The van der Waals surface area contributed by atoms with Crippen LogP contribution >= 0.6 is 31.9 Å². The first-order valence-electron chi connectivity index (χ1n) is 5.38. The molecule has 1 saturated heterocycles. The predicted molar refractivity (Wildman–Crippen MR) is 77.1 cm³/mol. The van der Waals surface area contributed by atoms with Crippen LogP contribution in [0.1, 0.15) is 12.8 Å². The molecule has 17 heavy (non-hydrogen) atoms. The van der Waals surface area contributed by atoms with Gasteiger partial charge >= 0.3 is 0 Å². The van der Waals surface area contributed by atoms with E-state index in [1.807, 2.05) is 18.2 Å². The molecule has 0 aromatic heterocycles. The molecule has 1 aromatic carbocycles. The molecule has 1 aromatic rings. The molecule has 0 aliphatic carbocycles. The summed E-state index contributed by atoms with van der Waals surface area (Å²) in [4.78, 5) is 0. The van der Waals surface area contributed by atoms with Crippen LogP contribution in [0.2, 0.25) is 0 Å². The maximum atomic E-state index is 11.3. The number of rotatable bonds is 2. The summed E-state index contributed by atoms with van der Waals surface area (Å²) in [6, 6.07) is 6.16. The Kier molecular flexibility index (Phi) is 4.15. The third-order valence-electron chi connectivity index (χ3n) is 2.84.